The maximum absolute atomic E-state index is 12.9. The number of pyridine rings is 2. The van der Waals surface area contributed by atoms with E-state index < -0.39 is 0 Å². The number of anilines is 2. The molecule has 6 heteroatoms. The number of likely N-dealkylation sites (tertiary alicyclic amines) is 1. The van der Waals surface area contributed by atoms with Gasteiger partial charge in [-0.05, 0) is 61.8 Å². The van der Waals surface area contributed by atoms with Gasteiger partial charge in [0.05, 0.1) is 18.1 Å². The smallest absolute Gasteiger partial charge is 0.226 e. The van der Waals surface area contributed by atoms with E-state index in [0.717, 1.165) is 43.7 Å². The zero-order valence-electron chi connectivity index (χ0n) is 15.9. The minimum absolute atomic E-state index is 0.321. The van der Waals surface area contributed by atoms with Crippen molar-refractivity contribution in [2.75, 3.05) is 18.4 Å². The standard InChI is InChI=1S/C22H25FN4O/c23-16-2-5-20(25-13-16)26-17-3-4-19(24-14-17)15-6-10-27(11-7-15)21(28)18-12-22(18)8-1-9-22/h2-5,13-15,18H,1,6-12H2,(H,25,26)/t18-/m1/s1. The molecule has 3 fully saturated rings. The third-order valence-corrected chi connectivity index (χ3v) is 6.85. The third-order valence-electron chi connectivity index (χ3n) is 6.85. The number of hydrogen-bond acceptors (Lipinski definition) is 4. The lowest BCUT2D eigenvalue weighted by Crippen LogP contribution is -2.40. The molecule has 2 aromatic heterocycles. The topological polar surface area (TPSA) is 58.1 Å². The molecule has 1 atom stereocenters. The lowest BCUT2D eigenvalue weighted by atomic mass is 9.79. The first-order valence-electron chi connectivity index (χ1n) is 10.3. The van der Waals surface area contributed by atoms with Gasteiger partial charge in [0.15, 0.2) is 0 Å². The van der Waals surface area contributed by atoms with E-state index in [1.807, 2.05) is 12.1 Å². The summed E-state index contributed by atoms with van der Waals surface area (Å²) in [4.78, 5) is 23.4. The Balaban J connectivity index is 1.15. The zero-order chi connectivity index (χ0) is 19.1. The maximum atomic E-state index is 12.9. The van der Waals surface area contributed by atoms with Gasteiger partial charge >= 0.3 is 0 Å². The number of rotatable bonds is 4. The molecule has 146 valence electrons. The Morgan fingerprint density at radius 1 is 1.11 bits per heavy atom. The molecule has 1 aliphatic heterocycles. The monoisotopic (exact) mass is 380 g/mol. The van der Waals surface area contributed by atoms with Crippen molar-refractivity contribution in [2.45, 2.75) is 44.4 Å². The first-order chi connectivity index (χ1) is 13.6. The maximum Gasteiger partial charge on any atom is 0.226 e. The van der Waals surface area contributed by atoms with Crippen LogP contribution in [-0.2, 0) is 4.79 Å². The molecule has 1 saturated heterocycles. The van der Waals surface area contributed by atoms with Crippen LogP contribution in [0.4, 0.5) is 15.9 Å². The fraction of sp³-hybridized carbons (Fsp3) is 0.500. The second kappa shape index (κ2) is 6.83. The van der Waals surface area contributed by atoms with Gasteiger partial charge in [-0.15, -0.1) is 0 Å². The number of piperidine rings is 1. The summed E-state index contributed by atoms with van der Waals surface area (Å²) in [6.07, 6.45) is 9.89. The fourth-order valence-electron chi connectivity index (χ4n) is 4.81. The molecular weight excluding hydrogens is 355 g/mol. The molecular formula is C22H25FN4O. The number of aromatic nitrogens is 2. The molecule has 2 saturated carbocycles. The Kier molecular flexibility index (Phi) is 4.29. The molecule has 1 spiro atoms. The summed E-state index contributed by atoms with van der Waals surface area (Å²) in [5.74, 6) is 1.36. The van der Waals surface area contributed by atoms with Crippen LogP contribution in [0, 0.1) is 17.2 Å². The number of hydrogen-bond donors (Lipinski definition) is 1. The van der Waals surface area contributed by atoms with Crippen LogP contribution in [-0.4, -0.2) is 33.9 Å². The molecule has 0 aromatic carbocycles. The van der Waals surface area contributed by atoms with Crippen molar-refractivity contribution in [1.29, 1.82) is 0 Å². The molecule has 0 radical (unpaired) electrons. The summed E-state index contributed by atoms with van der Waals surface area (Å²) in [6.45, 7) is 1.69. The van der Waals surface area contributed by atoms with E-state index in [9.17, 15) is 9.18 Å². The van der Waals surface area contributed by atoms with Crippen LogP contribution in [0.1, 0.15) is 50.1 Å². The van der Waals surface area contributed by atoms with Crippen molar-refractivity contribution >= 4 is 17.4 Å². The highest BCUT2D eigenvalue weighted by molar-refractivity contribution is 5.83. The predicted molar refractivity (Wildman–Crippen MR) is 105 cm³/mol. The minimum atomic E-state index is -0.353. The van der Waals surface area contributed by atoms with Gasteiger partial charge in [0.1, 0.15) is 11.6 Å². The Hall–Kier alpha value is -2.50. The van der Waals surface area contributed by atoms with E-state index in [2.05, 4.69) is 20.2 Å². The van der Waals surface area contributed by atoms with Crippen LogP contribution in [0.3, 0.4) is 0 Å². The summed E-state index contributed by atoms with van der Waals surface area (Å²) in [5, 5.41) is 3.13. The predicted octanol–water partition coefficient (Wildman–Crippen LogP) is 4.26. The Bertz CT molecular complexity index is 855. The van der Waals surface area contributed by atoms with E-state index in [1.165, 1.54) is 31.5 Å². The van der Waals surface area contributed by atoms with Crippen molar-refractivity contribution < 1.29 is 9.18 Å². The van der Waals surface area contributed by atoms with Crippen LogP contribution in [0.25, 0.3) is 0 Å². The largest absolute Gasteiger partial charge is 0.342 e. The molecule has 0 unspecified atom stereocenters. The van der Waals surface area contributed by atoms with Crippen molar-refractivity contribution in [3.8, 4) is 0 Å². The van der Waals surface area contributed by atoms with Gasteiger partial charge in [0.2, 0.25) is 5.91 Å². The molecule has 0 bridgehead atoms. The van der Waals surface area contributed by atoms with Gasteiger partial charge in [-0.1, -0.05) is 6.42 Å². The molecule has 5 rings (SSSR count). The second-order valence-corrected chi connectivity index (χ2v) is 8.53. The van der Waals surface area contributed by atoms with Gasteiger partial charge in [-0.2, -0.15) is 0 Å². The zero-order valence-corrected chi connectivity index (χ0v) is 15.9. The van der Waals surface area contributed by atoms with Crippen molar-refractivity contribution in [2.24, 2.45) is 11.3 Å². The molecule has 2 aromatic rings. The van der Waals surface area contributed by atoms with Crippen LogP contribution >= 0.6 is 0 Å². The number of nitrogens with zero attached hydrogens (tertiary/aromatic N) is 3. The van der Waals surface area contributed by atoms with Crippen molar-refractivity contribution in [3.63, 3.8) is 0 Å². The normalized spacial score (nSPS) is 23.3. The highest BCUT2D eigenvalue weighted by atomic mass is 19.1. The van der Waals surface area contributed by atoms with Gasteiger partial charge in [0.25, 0.3) is 0 Å². The first kappa shape index (κ1) is 17.6. The van der Waals surface area contributed by atoms with Gasteiger partial charge in [-0.3, -0.25) is 9.78 Å². The average molecular weight is 380 g/mol. The SMILES string of the molecule is O=C([C@H]1CC12CCC2)N1CCC(c2ccc(Nc3ccc(F)cn3)cn2)CC1. The van der Waals surface area contributed by atoms with Crippen molar-refractivity contribution in [3.05, 3.63) is 48.2 Å². The van der Waals surface area contributed by atoms with Gasteiger partial charge in [0, 0.05) is 30.6 Å². The fourth-order valence-corrected chi connectivity index (χ4v) is 4.81. The highest BCUT2D eigenvalue weighted by Gasteiger charge is 2.61. The average Bonchev–Trinajstić information content (AvgIpc) is 3.47. The van der Waals surface area contributed by atoms with E-state index in [4.69, 9.17) is 0 Å². The van der Waals surface area contributed by atoms with Crippen LogP contribution in [0.2, 0.25) is 0 Å². The van der Waals surface area contributed by atoms with Gasteiger partial charge < -0.3 is 10.2 Å². The van der Waals surface area contributed by atoms with Gasteiger partial charge in [-0.25, -0.2) is 9.37 Å². The summed E-state index contributed by atoms with van der Waals surface area (Å²) in [5.41, 5.74) is 2.32. The number of halogens is 1. The molecule has 5 nitrogen and oxygen atoms in total. The Morgan fingerprint density at radius 2 is 1.93 bits per heavy atom. The number of carbonyl (C=O) groups is 1. The van der Waals surface area contributed by atoms with Crippen LogP contribution < -0.4 is 5.32 Å². The number of amides is 1. The lowest BCUT2D eigenvalue weighted by molar-refractivity contribution is -0.135. The van der Waals surface area contributed by atoms with Crippen LogP contribution in [0.15, 0.2) is 36.7 Å². The van der Waals surface area contributed by atoms with Crippen molar-refractivity contribution in [1.82, 2.24) is 14.9 Å². The summed E-state index contributed by atoms with van der Waals surface area (Å²) in [7, 11) is 0. The summed E-state index contributed by atoms with van der Waals surface area (Å²) in [6, 6.07) is 7.00. The molecule has 1 N–H and O–H groups in total. The van der Waals surface area contributed by atoms with E-state index in [-0.39, 0.29) is 5.82 Å². The lowest BCUT2D eigenvalue weighted by Gasteiger charge is -2.34. The van der Waals surface area contributed by atoms with E-state index >= 15 is 0 Å². The third kappa shape index (κ3) is 3.25. The van der Waals surface area contributed by atoms with E-state index in [0.29, 0.717) is 29.0 Å². The Morgan fingerprint density at radius 3 is 2.50 bits per heavy atom. The van der Waals surface area contributed by atoms with E-state index in [1.54, 1.807) is 12.3 Å². The highest BCUT2D eigenvalue weighted by Crippen LogP contribution is 2.66. The Labute approximate surface area is 164 Å². The molecule has 3 heterocycles. The first-order valence-corrected chi connectivity index (χ1v) is 10.3. The molecule has 3 aliphatic rings. The van der Waals surface area contributed by atoms with Crippen LogP contribution in [0.5, 0.6) is 0 Å². The summed E-state index contributed by atoms with van der Waals surface area (Å²) < 4.78 is 12.9. The quantitative estimate of drug-likeness (QED) is 0.861. The minimum Gasteiger partial charge on any atom is -0.342 e. The second-order valence-electron chi connectivity index (χ2n) is 8.53. The number of carbonyl (C=O) groups excluding carboxylic acids is 1. The molecule has 1 amide bonds. The summed E-state index contributed by atoms with van der Waals surface area (Å²) >= 11 is 0. The number of nitrogens with one attached hydrogen (secondary N) is 1. The molecule has 2 aliphatic carbocycles. The molecule has 28 heavy (non-hydrogen) atoms.